The van der Waals surface area contributed by atoms with Crippen LogP contribution in [0.25, 0.3) is 0 Å². The minimum Gasteiger partial charge on any atom is -0.483 e. The van der Waals surface area contributed by atoms with Crippen molar-refractivity contribution in [2.24, 2.45) is 0 Å². The molecule has 2 heterocycles. The molecule has 21 heavy (non-hydrogen) atoms. The molecule has 0 aromatic heterocycles. The highest BCUT2D eigenvalue weighted by Gasteiger charge is 2.32. The summed E-state index contributed by atoms with van der Waals surface area (Å²) >= 11 is 0. The van der Waals surface area contributed by atoms with Crippen LogP contribution < -0.4 is 14.8 Å². The van der Waals surface area contributed by atoms with Crippen LogP contribution in [0.3, 0.4) is 0 Å². The van der Waals surface area contributed by atoms with E-state index in [9.17, 15) is 4.79 Å². The number of carbonyl (C=O) groups is 1. The Bertz CT molecular complexity index is 536. The molecule has 1 fully saturated rings. The van der Waals surface area contributed by atoms with Gasteiger partial charge in [0, 0.05) is 38.2 Å². The summed E-state index contributed by atoms with van der Waals surface area (Å²) in [6.45, 7) is 7.39. The second kappa shape index (κ2) is 5.56. The van der Waals surface area contributed by atoms with E-state index in [2.05, 4.69) is 25.2 Å². The quantitative estimate of drug-likeness (QED) is 0.909. The van der Waals surface area contributed by atoms with Crippen LogP contribution in [-0.4, -0.2) is 49.2 Å². The monoisotopic (exact) mass is 290 g/mol. The van der Waals surface area contributed by atoms with E-state index in [0.29, 0.717) is 5.75 Å². The SMILES string of the molecule is CC1(C)Cc2cccc(OCC(=O)N3CCNCC3)c2O1. The van der Waals surface area contributed by atoms with Gasteiger partial charge in [-0.1, -0.05) is 12.1 Å². The van der Waals surface area contributed by atoms with Gasteiger partial charge in [-0.2, -0.15) is 0 Å². The smallest absolute Gasteiger partial charge is 0.260 e. The van der Waals surface area contributed by atoms with Crippen LogP contribution in [0.1, 0.15) is 19.4 Å². The number of fused-ring (bicyclic) bond motifs is 1. The van der Waals surface area contributed by atoms with Crippen LogP contribution in [0.2, 0.25) is 0 Å². The molecule has 1 saturated heterocycles. The number of ether oxygens (including phenoxy) is 2. The molecule has 0 aliphatic carbocycles. The molecule has 2 aliphatic rings. The van der Waals surface area contributed by atoms with Crippen molar-refractivity contribution in [2.45, 2.75) is 25.9 Å². The van der Waals surface area contributed by atoms with Gasteiger partial charge in [0.1, 0.15) is 5.60 Å². The summed E-state index contributed by atoms with van der Waals surface area (Å²) in [5.74, 6) is 1.49. The normalized spacial score (nSPS) is 19.8. The predicted octanol–water partition coefficient (Wildman–Crippen LogP) is 1.21. The number of hydrogen-bond acceptors (Lipinski definition) is 4. The molecule has 1 aromatic carbocycles. The number of carbonyl (C=O) groups excluding carboxylic acids is 1. The van der Waals surface area contributed by atoms with Crippen molar-refractivity contribution < 1.29 is 14.3 Å². The first-order valence-corrected chi connectivity index (χ1v) is 7.47. The van der Waals surface area contributed by atoms with Crippen LogP contribution in [0, 0.1) is 0 Å². The molecule has 3 rings (SSSR count). The van der Waals surface area contributed by atoms with E-state index in [-0.39, 0.29) is 18.1 Å². The van der Waals surface area contributed by atoms with Crippen molar-refractivity contribution in [1.82, 2.24) is 10.2 Å². The summed E-state index contributed by atoms with van der Waals surface area (Å²) in [6, 6.07) is 5.87. The molecule has 0 bridgehead atoms. The van der Waals surface area contributed by atoms with Gasteiger partial charge in [0.05, 0.1) is 0 Å². The van der Waals surface area contributed by atoms with Crippen molar-refractivity contribution >= 4 is 5.91 Å². The molecule has 1 aromatic rings. The van der Waals surface area contributed by atoms with Gasteiger partial charge < -0.3 is 19.7 Å². The molecule has 114 valence electrons. The third-order valence-corrected chi connectivity index (χ3v) is 3.88. The minimum atomic E-state index is -0.204. The Balaban J connectivity index is 1.64. The lowest BCUT2D eigenvalue weighted by atomic mass is 10.0. The first kappa shape index (κ1) is 14.2. The summed E-state index contributed by atoms with van der Waals surface area (Å²) in [4.78, 5) is 14.0. The first-order chi connectivity index (χ1) is 10.1. The van der Waals surface area contributed by atoms with Crippen LogP contribution >= 0.6 is 0 Å². The molecular weight excluding hydrogens is 268 g/mol. The van der Waals surface area contributed by atoms with Crippen LogP contribution in [0.5, 0.6) is 11.5 Å². The molecule has 5 nitrogen and oxygen atoms in total. The van der Waals surface area contributed by atoms with Gasteiger partial charge in [0.15, 0.2) is 18.1 Å². The maximum absolute atomic E-state index is 12.1. The highest BCUT2D eigenvalue weighted by atomic mass is 16.5. The van der Waals surface area contributed by atoms with E-state index in [0.717, 1.165) is 43.9 Å². The second-order valence-electron chi connectivity index (χ2n) is 6.20. The number of piperazine rings is 1. The number of para-hydroxylation sites is 1. The van der Waals surface area contributed by atoms with Gasteiger partial charge in [0.25, 0.3) is 5.91 Å². The summed E-state index contributed by atoms with van der Waals surface area (Å²) in [5, 5.41) is 3.23. The maximum Gasteiger partial charge on any atom is 0.260 e. The molecular formula is C16H22N2O3. The van der Waals surface area contributed by atoms with Gasteiger partial charge in [-0.3, -0.25) is 4.79 Å². The maximum atomic E-state index is 12.1. The fourth-order valence-electron chi connectivity index (χ4n) is 2.85. The van der Waals surface area contributed by atoms with Gasteiger partial charge >= 0.3 is 0 Å². The fourth-order valence-corrected chi connectivity index (χ4v) is 2.85. The van der Waals surface area contributed by atoms with Crippen molar-refractivity contribution in [2.75, 3.05) is 32.8 Å². The topological polar surface area (TPSA) is 50.8 Å². The highest BCUT2D eigenvalue weighted by molar-refractivity contribution is 5.78. The standard InChI is InChI=1S/C16H22N2O3/c1-16(2)10-12-4-3-5-13(15(12)21-16)20-11-14(19)18-8-6-17-7-9-18/h3-5,17H,6-11H2,1-2H3. The van der Waals surface area contributed by atoms with E-state index >= 15 is 0 Å². The zero-order chi connectivity index (χ0) is 14.9. The Labute approximate surface area is 125 Å². The third kappa shape index (κ3) is 3.13. The van der Waals surface area contributed by atoms with E-state index in [1.54, 1.807) is 0 Å². The van der Waals surface area contributed by atoms with Crippen LogP contribution in [0.4, 0.5) is 0 Å². The Morgan fingerprint density at radius 3 is 2.90 bits per heavy atom. The molecule has 1 N–H and O–H groups in total. The van der Waals surface area contributed by atoms with E-state index in [1.165, 1.54) is 0 Å². The van der Waals surface area contributed by atoms with Crippen molar-refractivity contribution in [1.29, 1.82) is 0 Å². The molecule has 2 aliphatic heterocycles. The fraction of sp³-hybridized carbons (Fsp3) is 0.562. The predicted molar refractivity (Wildman–Crippen MR) is 79.8 cm³/mol. The largest absolute Gasteiger partial charge is 0.483 e. The van der Waals surface area contributed by atoms with Gasteiger partial charge in [-0.25, -0.2) is 0 Å². The minimum absolute atomic E-state index is 0.0337. The Kier molecular flexibility index (Phi) is 3.76. The third-order valence-electron chi connectivity index (χ3n) is 3.88. The van der Waals surface area contributed by atoms with E-state index < -0.39 is 0 Å². The number of nitrogens with one attached hydrogen (secondary N) is 1. The lowest BCUT2D eigenvalue weighted by Crippen LogP contribution is -2.47. The Morgan fingerprint density at radius 1 is 1.38 bits per heavy atom. The van der Waals surface area contributed by atoms with Gasteiger partial charge in [-0.05, 0) is 19.9 Å². The van der Waals surface area contributed by atoms with Crippen LogP contribution in [-0.2, 0) is 11.2 Å². The summed E-state index contributed by atoms with van der Waals surface area (Å²) in [5.41, 5.74) is 0.941. The Hall–Kier alpha value is -1.75. The summed E-state index contributed by atoms with van der Waals surface area (Å²) in [6.07, 6.45) is 0.866. The van der Waals surface area contributed by atoms with Crippen LogP contribution in [0.15, 0.2) is 18.2 Å². The average Bonchev–Trinajstić information content (AvgIpc) is 2.80. The number of rotatable bonds is 3. The number of benzene rings is 1. The zero-order valence-electron chi connectivity index (χ0n) is 12.6. The number of hydrogen-bond donors (Lipinski definition) is 1. The van der Waals surface area contributed by atoms with E-state index in [1.807, 2.05) is 17.0 Å². The lowest BCUT2D eigenvalue weighted by molar-refractivity contribution is -0.133. The summed E-state index contributed by atoms with van der Waals surface area (Å²) < 4.78 is 11.7. The lowest BCUT2D eigenvalue weighted by Gasteiger charge is -2.27. The van der Waals surface area contributed by atoms with Crippen molar-refractivity contribution in [3.8, 4) is 11.5 Å². The Morgan fingerprint density at radius 2 is 2.14 bits per heavy atom. The molecule has 5 heteroatoms. The molecule has 0 unspecified atom stereocenters. The first-order valence-electron chi connectivity index (χ1n) is 7.47. The average molecular weight is 290 g/mol. The molecule has 1 amide bonds. The number of nitrogens with zero attached hydrogens (tertiary/aromatic N) is 1. The van der Waals surface area contributed by atoms with Crippen molar-refractivity contribution in [3.05, 3.63) is 23.8 Å². The number of amides is 1. The molecule has 0 radical (unpaired) electrons. The van der Waals surface area contributed by atoms with E-state index in [4.69, 9.17) is 9.47 Å². The van der Waals surface area contributed by atoms with Gasteiger partial charge in [-0.15, -0.1) is 0 Å². The molecule has 0 saturated carbocycles. The van der Waals surface area contributed by atoms with Crippen molar-refractivity contribution in [3.63, 3.8) is 0 Å². The van der Waals surface area contributed by atoms with Gasteiger partial charge in [0.2, 0.25) is 0 Å². The molecule has 0 atom stereocenters. The second-order valence-corrected chi connectivity index (χ2v) is 6.20. The highest BCUT2D eigenvalue weighted by Crippen LogP contribution is 2.41. The molecule has 0 spiro atoms. The summed E-state index contributed by atoms with van der Waals surface area (Å²) in [7, 11) is 0. The zero-order valence-corrected chi connectivity index (χ0v) is 12.6.